The van der Waals surface area contributed by atoms with Crippen molar-refractivity contribution in [2.75, 3.05) is 26.9 Å². The molecule has 2 fully saturated rings. The van der Waals surface area contributed by atoms with Crippen LogP contribution in [0.15, 0.2) is 0 Å². The summed E-state index contributed by atoms with van der Waals surface area (Å²) in [5, 5.41) is 3.62. The largest absolute Gasteiger partial charge is 0.369 e. The van der Waals surface area contributed by atoms with Gasteiger partial charge in [0.05, 0.1) is 6.73 Å². The number of likely N-dealkylation sites (tertiary alicyclic amines) is 1. The topological polar surface area (TPSA) is 24.5 Å². The van der Waals surface area contributed by atoms with Gasteiger partial charge in [0.2, 0.25) is 0 Å². The monoisotopic (exact) mass is 198 g/mol. The van der Waals surface area contributed by atoms with Gasteiger partial charge in [-0.2, -0.15) is 0 Å². The molecule has 0 aromatic heterocycles. The summed E-state index contributed by atoms with van der Waals surface area (Å²) in [6.07, 6.45) is 6.83. The predicted octanol–water partition coefficient (Wildman–Crippen LogP) is 1.20. The van der Waals surface area contributed by atoms with Crippen LogP contribution in [0.3, 0.4) is 0 Å². The van der Waals surface area contributed by atoms with Crippen LogP contribution in [0.1, 0.15) is 32.1 Å². The summed E-state index contributed by atoms with van der Waals surface area (Å²) in [5.41, 5.74) is 0. The highest BCUT2D eigenvalue weighted by atomic mass is 16.5. The Morgan fingerprint density at radius 3 is 2.86 bits per heavy atom. The van der Waals surface area contributed by atoms with E-state index in [4.69, 9.17) is 4.74 Å². The van der Waals surface area contributed by atoms with E-state index in [9.17, 15) is 0 Å². The van der Waals surface area contributed by atoms with Crippen molar-refractivity contribution in [2.24, 2.45) is 0 Å². The lowest BCUT2D eigenvalue weighted by atomic mass is 10.0. The number of hydrogen-bond donors (Lipinski definition) is 1. The lowest BCUT2D eigenvalue weighted by molar-refractivity contribution is 0.0154. The lowest BCUT2D eigenvalue weighted by Crippen LogP contribution is -2.46. The Hall–Kier alpha value is -0.120. The Labute approximate surface area is 86.8 Å². The van der Waals surface area contributed by atoms with Crippen molar-refractivity contribution in [1.82, 2.24) is 10.2 Å². The van der Waals surface area contributed by atoms with Gasteiger partial charge in [-0.1, -0.05) is 6.42 Å². The molecule has 3 nitrogen and oxygen atoms in total. The molecule has 1 aliphatic heterocycles. The molecule has 1 saturated carbocycles. The van der Waals surface area contributed by atoms with Gasteiger partial charge in [0.15, 0.2) is 0 Å². The minimum absolute atomic E-state index is 0.712. The third-order valence-corrected chi connectivity index (χ3v) is 3.26. The summed E-state index contributed by atoms with van der Waals surface area (Å²) in [4.78, 5) is 2.47. The van der Waals surface area contributed by atoms with Crippen molar-refractivity contribution in [3.63, 3.8) is 0 Å². The van der Waals surface area contributed by atoms with Crippen LogP contribution in [0.25, 0.3) is 0 Å². The molecule has 2 aliphatic rings. The Bertz CT molecular complexity index is 169. The zero-order valence-electron chi connectivity index (χ0n) is 9.17. The molecule has 0 radical (unpaired) electrons. The summed E-state index contributed by atoms with van der Waals surface area (Å²) in [5.74, 6) is 0. The smallest absolute Gasteiger partial charge is 0.0989 e. The first kappa shape index (κ1) is 10.4. The molecule has 0 aromatic carbocycles. The van der Waals surface area contributed by atoms with E-state index in [1.807, 2.05) is 0 Å². The van der Waals surface area contributed by atoms with E-state index >= 15 is 0 Å². The van der Waals surface area contributed by atoms with Crippen LogP contribution in [0.2, 0.25) is 0 Å². The molecule has 1 unspecified atom stereocenters. The van der Waals surface area contributed by atoms with E-state index in [0.717, 1.165) is 19.3 Å². The molecule has 3 heteroatoms. The average Bonchev–Trinajstić information content (AvgIpc) is 3.01. The fourth-order valence-electron chi connectivity index (χ4n) is 2.22. The normalized spacial score (nSPS) is 29.4. The fourth-order valence-corrected chi connectivity index (χ4v) is 2.22. The van der Waals surface area contributed by atoms with E-state index in [2.05, 4.69) is 10.2 Å². The van der Waals surface area contributed by atoms with Crippen molar-refractivity contribution in [1.29, 1.82) is 0 Å². The molecular formula is C11H22N2O. The maximum absolute atomic E-state index is 5.23. The van der Waals surface area contributed by atoms with Crippen LogP contribution >= 0.6 is 0 Å². The molecule has 0 bridgehead atoms. The lowest BCUT2D eigenvalue weighted by Gasteiger charge is -2.35. The van der Waals surface area contributed by atoms with Crippen molar-refractivity contribution in [3.05, 3.63) is 0 Å². The Balaban J connectivity index is 1.72. The van der Waals surface area contributed by atoms with Crippen LogP contribution in [0.5, 0.6) is 0 Å². The third-order valence-electron chi connectivity index (χ3n) is 3.26. The highest BCUT2D eigenvalue weighted by Gasteiger charge is 2.25. The zero-order chi connectivity index (χ0) is 9.80. The van der Waals surface area contributed by atoms with Gasteiger partial charge in [-0.05, 0) is 25.7 Å². The first-order chi connectivity index (χ1) is 6.90. The first-order valence-corrected chi connectivity index (χ1v) is 5.86. The van der Waals surface area contributed by atoms with Crippen molar-refractivity contribution in [3.8, 4) is 0 Å². The third kappa shape index (κ3) is 2.94. The maximum atomic E-state index is 5.23. The molecule has 1 heterocycles. The van der Waals surface area contributed by atoms with Gasteiger partial charge >= 0.3 is 0 Å². The van der Waals surface area contributed by atoms with Crippen LogP contribution in [0.4, 0.5) is 0 Å². The molecule has 1 atom stereocenters. The second-order valence-electron chi connectivity index (χ2n) is 4.56. The standard InChI is InChI=1S/C11H22N2O/c1-14-9-13-7-3-2-4-11(13)8-12-10-5-6-10/h10-12H,2-9H2,1H3. The van der Waals surface area contributed by atoms with Gasteiger partial charge in [-0.25, -0.2) is 0 Å². The van der Waals surface area contributed by atoms with Gasteiger partial charge in [-0.15, -0.1) is 0 Å². The summed E-state index contributed by atoms with van der Waals surface area (Å²) in [6, 6.07) is 1.55. The average molecular weight is 198 g/mol. The van der Waals surface area contributed by atoms with E-state index in [1.54, 1.807) is 7.11 Å². The van der Waals surface area contributed by atoms with E-state index < -0.39 is 0 Å². The SMILES string of the molecule is COCN1CCCCC1CNC1CC1. The number of nitrogens with one attached hydrogen (secondary N) is 1. The van der Waals surface area contributed by atoms with Gasteiger partial charge in [0.1, 0.15) is 0 Å². The zero-order valence-corrected chi connectivity index (χ0v) is 9.17. The van der Waals surface area contributed by atoms with Gasteiger partial charge in [0, 0.05) is 32.3 Å². The summed E-state index contributed by atoms with van der Waals surface area (Å²) < 4.78 is 5.23. The van der Waals surface area contributed by atoms with Crippen molar-refractivity contribution >= 4 is 0 Å². The Morgan fingerprint density at radius 1 is 1.29 bits per heavy atom. The van der Waals surface area contributed by atoms with E-state index in [-0.39, 0.29) is 0 Å². The predicted molar refractivity (Wildman–Crippen MR) is 57.2 cm³/mol. The van der Waals surface area contributed by atoms with Crippen molar-refractivity contribution in [2.45, 2.75) is 44.2 Å². The van der Waals surface area contributed by atoms with Gasteiger partial charge < -0.3 is 10.1 Å². The molecule has 0 spiro atoms. The van der Waals surface area contributed by atoms with Crippen LogP contribution in [-0.4, -0.2) is 43.9 Å². The van der Waals surface area contributed by atoms with Crippen LogP contribution < -0.4 is 5.32 Å². The summed E-state index contributed by atoms with van der Waals surface area (Å²) in [6.45, 7) is 3.18. The summed E-state index contributed by atoms with van der Waals surface area (Å²) in [7, 11) is 1.79. The number of nitrogens with zero attached hydrogens (tertiary/aromatic N) is 1. The quantitative estimate of drug-likeness (QED) is 0.718. The Morgan fingerprint density at radius 2 is 2.14 bits per heavy atom. The van der Waals surface area contributed by atoms with Gasteiger partial charge in [0.25, 0.3) is 0 Å². The second kappa shape index (κ2) is 5.10. The minimum atomic E-state index is 0.712. The number of piperidine rings is 1. The van der Waals surface area contributed by atoms with Gasteiger partial charge in [-0.3, -0.25) is 4.90 Å². The molecule has 1 N–H and O–H groups in total. The molecule has 2 rings (SSSR count). The summed E-state index contributed by atoms with van der Waals surface area (Å²) >= 11 is 0. The fraction of sp³-hybridized carbons (Fsp3) is 1.00. The maximum Gasteiger partial charge on any atom is 0.0989 e. The molecule has 82 valence electrons. The molecular weight excluding hydrogens is 176 g/mol. The van der Waals surface area contributed by atoms with Crippen LogP contribution in [-0.2, 0) is 4.74 Å². The molecule has 14 heavy (non-hydrogen) atoms. The number of hydrogen-bond acceptors (Lipinski definition) is 3. The highest BCUT2D eigenvalue weighted by molar-refractivity contribution is 4.85. The molecule has 1 saturated heterocycles. The molecule has 0 amide bonds. The number of rotatable bonds is 5. The molecule has 0 aromatic rings. The minimum Gasteiger partial charge on any atom is -0.369 e. The number of methoxy groups -OCH3 is 1. The second-order valence-corrected chi connectivity index (χ2v) is 4.56. The van der Waals surface area contributed by atoms with Crippen LogP contribution in [0, 0.1) is 0 Å². The van der Waals surface area contributed by atoms with Crippen molar-refractivity contribution < 1.29 is 4.74 Å². The molecule has 1 aliphatic carbocycles. The Kier molecular flexibility index (Phi) is 3.79. The first-order valence-electron chi connectivity index (χ1n) is 5.86. The highest BCUT2D eigenvalue weighted by Crippen LogP contribution is 2.21. The van der Waals surface area contributed by atoms with E-state index in [0.29, 0.717) is 6.04 Å². The van der Waals surface area contributed by atoms with E-state index in [1.165, 1.54) is 38.6 Å². The number of ether oxygens (including phenoxy) is 1.